The number of nitrogens with zero attached hydrogens (tertiary/aromatic N) is 1. The van der Waals surface area contributed by atoms with E-state index in [9.17, 15) is 14.4 Å². The Morgan fingerprint density at radius 3 is 1.85 bits per heavy atom. The van der Waals surface area contributed by atoms with E-state index in [4.69, 9.17) is 9.47 Å². The van der Waals surface area contributed by atoms with Gasteiger partial charge in [0.15, 0.2) is 0 Å². The number of methoxy groups -OCH3 is 1. The molecule has 0 heterocycles. The smallest absolute Gasteiger partial charge is 0.408 e. The van der Waals surface area contributed by atoms with E-state index in [0.717, 1.165) is 16.7 Å². The van der Waals surface area contributed by atoms with Crippen LogP contribution in [0.1, 0.15) is 78.1 Å². The lowest BCUT2D eigenvalue weighted by Gasteiger charge is -2.44. The van der Waals surface area contributed by atoms with Crippen molar-refractivity contribution < 1.29 is 23.9 Å². The maximum absolute atomic E-state index is 14.4. The molecule has 39 heavy (non-hydrogen) atoms. The molecule has 0 aliphatic carbocycles. The van der Waals surface area contributed by atoms with E-state index in [0.29, 0.717) is 11.4 Å². The minimum Gasteiger partial charge on any atom is -0.497 e. The van der Waals surface area contributed by atoms with Crippen LogP contribution in [0.25, 0.3) is 0 Å². The SMILES string of the molecule is COc1ccc(NC(=O)C(c2c(C)cccc2C)N(C(=O)C(NC(=O)OC(C)(C)C)C(C)C)C(C)(C)C)cc1. The van der Waals surface area contributed by atoms with Gasteiger partial charge in [0.05, 0.1) is 7.11 Å². The number of benzene rings is 2. The molecule has 0 saturated carbocycles. The van der Waals surface area contributed by atoms with Gasteiger partial charge in [-0.15, -0.1) is 0 Å². The first-order valence-corrected chi connectivity index (χ1v) is 13.3. The maximum atomic E-state index is 14.4. The molecule has 0 saturated heterocycles. The highest BCUT2D eigenvalue weighted by molar-refractivity contribution is 5.99. The van der Waals surface area contributed by atoms with E-state index in [1.807, 2.05) is 66.7 Å². The number of carbonyl (C=O) groups is 3. The Morgan fingerprint density at radius 1 is 0.872 bits per heavy atom. The minimum absolute atomic E-state index is 0.266. The molecule has 0 aliphatic rings. The van der Waals surface area contributed by atoms with Crippen LogP contribution in [-0.2, 0) is 14.3 Å². The summed E-state index contributed by atoms with van der Waals surface area (Å²) < 4.78 is 10.7. The summed E-state index contributed by atoms with van der Waals surface area (Å²) in [4.78, 5) is 42.8. The minimum atomic E-state index is -0.970. The summed E-state index contributed by atoms with van der Waals surface area (Å²) in [5.41, 5.74) is 1.58. The van der Waals surface area contributed by atoms with E-state index in [1.165, 1.54) is 0 Å². The zero-order valence-corrected chi connectivity index (χ0v) is 25.3. The number of anilines is 1. The molecular formula is C31H45N3O5. The highest BCUT2D eigenvalue weighted by atomic mass is 16.6. The molecule has 0 bridgehead atoms. The largest absolute Gasteiger partial charge is 0.497 e. The fourth-order valence-electron chi connectivity index (χ4n) is 4.46. The van der Waals surface area contributed by atoms with Crippen LogP contribution < -0.4 is 15.4 Å². The monoisotopic (exact) mass is 539 g/mol. The van der Waals surface area contributed by atoms with Gasteiger partial charge < -0.3 is 25.0 Å². The number of ether oxygens (including phenoxy) is 2. The van der Waals surface area contributed by atoms with Crippen LogP contribution in [0, 0.1) is 19.8 Å². The number of nitrogens with one attached hydrogen (secondary N) is 2. The molecule has 0 fully saturated rings. The van der Waals surface area contributed by atoms with E-state index in [1.54, 1.807) is 57.0 Å². The van der Waals surface area contributed by atoms with Crippen LogP contribution >= 0.6 is 0 Å². The van der Waals surface area contributed by atoms with Crippen molar-refractivity contribution in [3.05, 3.63) is 59.2 Å². The van der Waals surface area contributed by atoms with E-state index < -0.39 is 29.3 Å². The fraction of sp³-hybridized carbons (Fsp3) is 0.516. The molecule has 2 rings (SSSR count). The van der Waals surface area contributed by atoms with Gasteiger partial charge >= 0.3 is 6.09 Å². The second-order valence-electron chi connectivity index (χ2n) is 12.2. The van der Waals surface area contributed by atoms with Crippen molar-refractivity contribution in [2.45, 2.75) is 92.5 Å². The highest BCUT2D eigenvalue weighted by Gasteiger charge is 2.43. The van der Waals surface area contributed by atoms with Crippen molar-refractivity contribution >= 4 is 23.6 Å². The number of hydrogen-bond acceptors (Lipinski definition) is 5. The third-order valence-electron chi connectivity index (χ3n) is 6.24. The molecule has 0 radical (unpaired) electrons. The van der Waals surface area contributed by atoms with Gasteiger partial charge in [-0.2, -0.15) is 0 Å². The van der Waals surface area contributed by atoms with Gasteiger partial charge in [-0.05, 0) is 102 Å². The van der Waals surface area contributed by atoms with Gasteiger partial charge in [0.2, 0.25) is 5.91 Å². The average molecular weight is 540 g/mol. The Bertz CT molecular complexity index is 1140. The molecule has 2 aromatic carbocycles. The quantitative estimate of drug-likeness (QED) is 0.418. The zero-order valence-electron chi connectivity index (χ0n) is 25.3. The Labute approximate surface area is 233 Å². The second kappa shape index (κ2) is 12.5. The number of rotatable bonds is 8. The van der Waals surface area contributed by atoms with Gasteiger partial charge in [0, 0.05) is 11.2 Å². The standard InChI is InChI=1S/C31H45N3O5/c1-19(2)25(33-29(37)39-31(8,9)10)28(36)34(30(5,6)7)26(24-20(3)13-12-14-21(24)4)27(35)32-22-15-17-23(38-11)18-16-22/h12-19,25-26H,1-11H3,(H,32,35)(H,33,37). The molecule has 214 valence electrons. The number of alkyl carbamates (subject to hydrolysis) is 1. The summed E-state index contributed by atoms with van der Waals surface area (Å²) in [6, 6.07) is 10.9. The second-order valence-corrected chi connectivity index (χ2v) is 12.2. The topological polar surface area (TPSA) is 97.0 Å². The van der Waals surface area contributed by atoms with E-state index >= 15 is 0 Å². The predicted molar refractivity (Wildman–Crippen MR) is 155 cm³/mol. The van der Waals surface area contributed by atoms with Crippen LogP contribution in [0.3, 0.4) is 0 Å². The summed E-state index contributed by atoms with van der Waals surface area (Å²) in [6.45, 7) is 18.5. The van der Waals surface area contributed by atoms with E-state index in [2.05, 4.69) is 10.6 Å². The third kappa shape index (κ3) is 8.47. The van der Waals surface area contributed by atoms with Crippen molar-refractivity contribution in [1.29, 1.82) is 0 Å². The van der Waals surface area contributed by atoms with Gasteiger partial charge in [-0.3, -0.25) is 9.59 Å². The number of hydrogen-bond donors (Lipinski definition) is 2. The van der Waals surface area contributed by atoms with Crippen LogP contribution in [0.2, 0.25) is 0 Å². The van der Waals surface area contributed by atoms with Gasteiger partial charge in [-0.25, -0.2) is 4.79 Å². The molecule has 8 nitrogen and oxygen atoms in total. The molecule has 0 aliphatic heterocycles. The molecule has 8 heteroatoms. The molecule has 2 N–H and O–H groups in total. The lowest BCUT2D eigenvalue weighted by molar-refractivity contribution is -0.147. The first kappa shape index (κ1) is 31.7. The van der Waals surface area contributed by atoms with Crippen LogP contribution in [-0.4, -0.2) is 47.1 Å². The van der Waals surface area contributed by atoms with Gasteiger partial charge in [-0.1, -0.05) is 32.0 Å². The van der Waals surface area contributed by atoms with Crippen LogP contribution in [0.15, 0.2) is 42.5 Å². The number of carbonyl (C=O) groups excluding carboxylic acids is 3. The first-order valence-electron chi connectivity index (χ1n) is 13.3. The van der Waals surface area contributed by atoms with Crippen molar-refractivity contribution in [2.24, 2.45) is 5.92 Å². The van der Waals surface area contributed by atoms with Crippen LogP contribution in [0.5, 0.6) is 5.75 Å². The average Bonchev–Trinajstić information content (AvgIpc) is 2.79. The summed E-state index contributed by atoms with van der Waals surface area (Å²) >= 11 is 0. The van der Waals surface area contributed by atoms with E-state index in [-0.39, 0.29) is 17.7 Å². The fourth-order valence-corrected chi connectivity index (χ4v) is 4.46. The van der Waals surface area contributed by atoms with Crippen molar-refractivity contribution in [3.63, 3.8) is 0 Å². The Hall–Kier alpha value is -3.55. The molecule has 2 unspecified atom stereocenters. The summed E-state index contributed by atoms with van der Waals surface area (Å²) in [7, 11) is 1.58. The highest BCUT2D eigenvalue weighted by Crippen LogP contribution is 2.35. The van der Waals surface area contributed by atoms with Crippen molar-refractivity contribution in [2.75, 3.05) is 12.4 Å². The molecule has 2 atom stereocenters. The maximum Gasteiger partial charge on any atom is 0.408 e. The molecule has 0 aromatic heterocycles. The lowest BCUT2D eigenvalue weighted by Crippen LogP contribution is -2.59. The lowest BCUT2D eigenvalue weighted by atomic mass is 9.89. The molecule has 0 spiro atoms. The number of aryl methyl sites for hydroxylation is 2. The molecule has 3 amide bonds. The third-order valence-corrected chi connectivity index (χ3v) is 6.24. The Kier molecular flexibility index (Phi) is 10.2. The zero-order chi connectivity index (χ0) is 29.7. The van der Waals surface area contributed by atoms with Gasteiger partial charge in [0.25, 0.3) is 5.91 Å². The molecule has 2 aromatic rings. The summed E-state index contributed by atoms with van der Waals surface area (Å²) in [6.07, 6.45) is -0.685. The summed E-state index contributed by atoms with van der Waals surface area (Å²) in [5, 5.41) is 5.76. The number of amides is 3. The summed E-state index contributed by atoms with van der Waals surface area (Å²) in [5.74, 6) is -0.335. The Morgan fingerprint density at radius 2 is 1.41 bits per heavy atom. The first-order chi connectivity index (χ1) is 18.0. The van der Waals surface area contributed by atoms with Gasteiger partial charge in [0.1, 0.15) is 23.4 Å². The van der Waals surface area contributed by atoms with Crippen LogP contribution in [0.4, 0.5) is 10.5 Å². The predicted octanol–water partition coefficient (Wildman–Crippen LogP) is 6.17. The normalized spacial score (nSPS) is 13.3. The molecular weight excluding hydrogens is 494 g/mol. The van der Waals surface area contributed by atoms with Crippen molar-refractivity contribution in [1.82, 2.24) is 10.2 Å². The Balaban J connectivity index is 2.64. The van der Waals surface area contributed by atoms with Crippen molar-refractivity contribution in [3.8, 4) is 5.75 Å².